The molecule has 4 nitrogen and oxygen atoms in total. The molecule has 0 unspecified atom stereocenters. The normalized spacial score (nSPS) is 10.1. The highest BCUT2D eigenvalue weighted by molar-refractivity contribution is 7.13. The van der Waals surface area contributed by atoms with Crippen molar-refractivity contribution in [2.75, 3.05) is 12.4 Å². The number of aromatic nitrogens is 2. The van der Waals surface area contributed by atoms with Gasteiger partial charge < -0.3 is 10.1 Å². The van der Waals surface area contributed by atoms with Crippen LogP contribution < -0.4 is 10.1 Å². The molecule has 1 N–H and O–H groups in total. The van der Waals surface area contributed by atoms with Crippen molar-refractivity contribution in [3.05, 3.63) is 35.0 Å². The van der Waals surface area contributed by atoms with Gasteiger partial charge in [-0.3, -0.25) is 0 Å². The molecule has 2 rings (SSSR count). The van der Waals surface area contributed by atoms with E-state index in [0.29, 0.717) is 5.88 Å². The summed E-state index contributed by atoms with van der Waals surface area (Å²) in [4.78, 5) is 8.38. The monoisotopic (exact) mass is 235 g/mol. The van der Waals surface area contributed by atoms with Crippen LogP contribution in [0.3, 0.4) is 0 Å². The minimum Gasteiger partial charge on any atom is -0.481 e. The summed E-state index contributed by atoms with van der Waals surface area (Å²) < 4.78 is 5.06. The summed E-state index contributed by atoms with van der Waals surface area (Å²) in [6, 6.07) is 3.86. The van der Waals surface area contributed by atoms with Gasteiger partial charge in [-0.25, -0.2) is 9.97 Å². The number of pyridine rings is 1. The SMILES string of the molecule is COc1cc(CNc2nc(C)cs2)ccn1. The first-order chi connectivity index (χ1) is 7.78. The molecule has 0 radical (unpaired) electrons. The molecule has 2 aromatic heterocycles. The molecule has 0 amide bonds. The second kappa shape index (κ2) is 4.94. The fourth-order valence-corrected chi connectivity index (χ4v) is 1.97. The second-order valence-electron chi connectivity index (χ2n) is 3.35. The molecule has 0 aliphatic carbocycles. The first kappa shape index (κ1) is 10.9. The van der Waals surface area contributed by atoms with E-state index in [0.717, 1.165) is 22.9 Å². The number of nitrogens with one attached hydrogen (secondary N) is 1. The Balaban J connectivity index is 1.99. The maximum atomic E-state index is 5.06. The van der Waals surface area contributed by atoms with Gasteiger partial charge in [-0.15, -0.1) is 11.3 Å². The molecular formula is C11H13N3OS. The molecule has 0 atom stereocenters. The number of hydrogen-bond donors (Lipinski definition) is 1. The molecule has 0 spiro atoms. The van der Waals surface area contributed by atoms with E-state index in [9.17, 15) is 0 Å². The van der Waals surface area contributed by atoms with Gasteiger partial charge in [0.1, 0.15) is 0 Å². The summed E-state index contributed by atoms with van der Waals surface area (Å²) in [5.74, 6) is 0.634. The molecule has 84 valence electrons. The molecule has 0 saturated heterocycles. The van der Waals surface area contributed by atoms with E-state index in [1.807, 2.05) is 24.4 Å². The Kier molecular flexibility index (Phi) is 3.36. The number of aryl methyl sites for hydroxylation is 1. The van der Waals surface area contributed by atoms with Crippen LogP contribution in [-0.4, -0.2) is 17.1 Å². The van der Waals surface area contributed by atoms with Gasteiger partial charge in [0, 0.05) is 24.2 Å². The number of hydrogen-bond acceptors (Lipinski definition) is 5. The van der Waals surface area contributed by atoms with Crippen molar-refractivity contribution in [3.8, 4) is 5.88 Å². The van der Waals surface area contributed by atoms with Crippen LogP contribution in [0.5, 0.6) is 5.88 Å². The molecule has 16 heavy (non-hydrogen) atoms. The Hall–Kier alpha value is -1.62. The average Bonchev–Trinajstić information content (AvgIpc) is 2.73. The minimum atomic E-state index is 0.634. The number of nitrogens with zero attached hydrogens (tertiary/aromatic N) is 2. The zero-order chi connectivity index (χ0) is 11.4. The number of thiazole rings is 1. The van der Waals surface area contributed by atoms with Gasteiger partial charge in [-0.2, -0.15) is 0 Å². The summed E-state index contributed by atoms with van der Waals surface area (Å²) in [7, 11) is 1.61. The van der Waals surface area contributed by atoms with Crippen LogP contribution in [0.4, 0.5) is 5.13 Å². The van der Waals surface area contributed by atoms with Crippen molar-refractivity contribution < 1.29 is 4.74 Å². The van der Waals surface area contributed by atoms with Crippen LogP contribution in [0.1, 0.15) is 11.3 Å². The second-order valence-corrected chi connectivity index (χ2v) is 4.21. The maximum absolute atomic E-state index is 5.06. The predicted molar refractivity (Wildman–Crippen MR) is 65.0 cm³/mol. The molecule has 0 saturated carbocycles. The van der Waals surface area contributed by atoms with E-state index in [4.69, 9.17) is 4.74 Å². The van der Waals surface area contributed by atoms with Crippen LogP contribution in [0.25, 0.3) is 0 Å². The third-order valence-corrected chi connectivity index (χ3v) is 2.99. The Morgan fingerprint density at radius 2 is 2.38 bits per heavy atom. The highest BCUT2D eigenvalue weighted by Gasteiger charge is 1.99. The number of methoxy groups -OCH3 is 1. The number of anilines is 1. The third-order valence-electron chi connectivity index (χ3n) is 2.07. The van der Waals surface area contributed by atoms with Crippen molar-refractivity contribution in [1.29, 1.82) is 0 Å². The molecule has 0 aliphatic rings. The largest absolute Gasteiger partial charge is 0.481 e. The molecule has 0 fully saturated rings. The lowest BCUT2D eigenvalue weighted by molar-refractivity contribution is 0.397. The predicted octanol–water partition coefficient (Wildman–Crippen LogP) is 2.47. The van der Waals surface area contributed by atoms with Gasteiger partial charge in [-0.1, -0.05) is 0 Å². The van der Waals surface area contributed by atoms with Gasteiger partial charge in [-0.05, 0) is 18.6 Å². The van der Waals surface area contributed by atoms with E-state index < -0.39 is 0 Å². The van der Waals surface area contributed by atoms with Gasteiger partial charge in [0.2, 0.25) is 5.88 Å². The maximum Gasteiger partial charge on any atom is 0.213 e. The van der Waals surface area contributed by atoms with E-state index in [2.05, 4.69) is 15.3 Å². The number of ether oxygens (including phenoxy) is 1. The van der Waals surface area contributed by atoms with Crippen LogP contribution in [0, 0.1) is 6.92 Å². The van der Waals surface area contributed by atoms with E-state index in [-0.39, 0.29) is 0 Å². The minimum absolute atomic E-state index is 0.634. The Bertz CT molecular complexity index is 470. The summed E-state index contributed by atoms with van der Waals surface area (Å²) in [6.45, 7) is 2.71. The van der Waals surface area contributed by atoms with Gasteiger partial charge in [0.15, 0.2) is 5.13 Å². The fraction of sp³-hybridized carbons (Fsp3) is 0.273. The van der Waals surface area contributed by atoms with Crippen LogP contribution in [0.2, 0.25) is 0 Å². The molecule has 2 aromatic rings. The van der Waals surface area contributed by atoms with Crippen molar-refractivity contribution in [2.24, 2.45) is 0 Å². The highest BCUT2D eigenvalue weighted by atomic mass is 32.1. The lowest BCUT2D eigenvalue weighted by Gasteiger charge is -2.04. The van der Waals surface area contributed by atoms with Crippen LogP contribution in [0.15, 0.2) is 23.7 Å². The third kappa shape index (κ3) is 2.70. The van der Waals surface area contributed by atoms with Crippen molar-refractivity contribution in [3.63, 3.8) is 0 Å². The topological polar surface area (TPSA) is 47.0 Å². The molecule has 0 bridgehead atoms. The van der Waals surface area contributed by atoms with Crippen LogP contribution in [-0.2, 0) is 6.54 Å². The van der Waals surface area contributed by atoms with Crippen LogP contribution >= 0.6 is 11.3 Å². The Morgan fingerprint density at radius 1 is 1.50 bits per heavy atom. The molecule has 2 heterocycles. The summed E-state index contributed by atoms with van der Waals surface area (Å²) in [6.07, 6.45) is 1.74. The lowest BCUT2D eigenvalue weighted by Crippen LogP contribution is -1.99. The molecule has 0 aromatic carbocycles. The number of rotatable bonds is 4. The van der Waals surface area contributed by atoms with Gasteiger partial charge in [0.05, 0.1) is 12.8 Å². The molecular weight excluding hydrogens is 222 g/mol. The van der Waals surface area contributed by atoms with Crippen molar-refractivity contribution in [1.82, 2.24) is 9.97 Å². The summed E-state index contributed by atoms with van der Waals surface area (Å²) >= 11 is 1.61. The summed E-state index contributed by atoms with van der Waals surface area (Å²) in [5.41, 5.74) is 2.17. The van der Waals surface area contributed by atoms with E-state index in [1.54, 1.807) is 24.6 Å². The zero-order valence-electron chi connectivity index (χ0n) is 9.23. The quantitative estimate of drug-likeness (QED) is 0.884. The van der Waals surface area contributed by atoms with E-state index in [1.165, 1.54) is 0 Å². The van der Waals surface area contributed by atoms with E-state index >= 15 is 0 Å². The van der Waals surface area contributed by atoms with Crippen molar-refractivity contribution >= 4 is 16.5 Å². The average molecular weight is 235 g/mol. The fourth-order valence-electron chi connectivity index (χ4n) is 1.28. The first-order valence-corrected chi connectivity index (χ1v) is 5.81. The Morgan fingerprint density at radius 3 is 3.06 bits per heavy atom. The first-order valence-electron chi connectivity index (χ1n) is 4.93. The van der Waals surface area contributed by atoms with Crippen molar-refractivity contribution in [2.45, 2.75) is 13.5 Å². The standard InChI is InChI=1S/C11H13N3OS/c1-8-7-16-11(14-8)13-6-9-3-4-12-10(5-9)15-2/h3-5,7H,6H2,1-2H3,(H,13,14). The highest BCUT2D eigenvalue weighted by Crippen LogP contribution is 2.16. The van der Waals surface area contributed by atoms with Gasteiger partial charge in [0.25, 0.3) is 0 Å². The smallest absolute Gasteiger partial charge is 0.213 e. The zero-order valence-corrected chi connectivity index (χ0v) is 10.0. The molecule has 0 aliphatic heterocycles. The Labute approximate surface area is 98.3 Å². The lowest BCUT2D eigenvalue weighted by atomic mass is 10.3. The van der Waals surface area contributed by atoms with Gasteiger partial charge >= 0.3 is 0 Å². The molecule has 5 heteroatoms. The summed E-state index contributed by atoms with van der Waals surface area (Å²) in [5, 5.41) is 6.22.